The van der Waals surface area contributed by atoms with Crippen LogP contribution in [0.2, 0.25) is 5.02 Å². The fourth-order valence-electron chi connectivity index (χ4n) is 1.46. The van der Waals surface area contributed by atoms with Crippen LogP contribution in [-0.4, -0.2) is 16.5 Å². The number of halogens is 1. The number of thiophene rings is 1. The maximum atomic E-state index is 6.13. The Balaban J connectivity index is 2.36. The molecule has 0 saturated carbocycles. The molecule has 5 heteroatoms. The highest BCUT2D eigenvalue weighted by molar-refractivity contribution is 7.14. The van der Waals surface area contributed by atoms with Crippen LogP contribution in [0.15, 0.2) is 17.6 Å². The molecule has 0 saturated heterocycles. The lowest BCUT2D eigenvalue weighted by Gasteiger charge is -2.07. The summed E-state index contributed by atoms with van der Waals surface area (Å²) in [5, 5.41) is 5.90. The van der Waals surface area contributed by atoms with Crippen molar-refractivity contribution in [2.45, 2.75) is 20.3 Å². The first-order valence-corrected chi connectivity index (χ1v) is 6.79. The molecular weight excluding hydrogens is 254 g/mol. The summed E-state index contributed by atoms with van der Waals surface area (Å²) in [4.78, 5) is 9.78. The fraction of sp³-hybridized carbons (Fsp3) is 0.333. The highest BCUT2D eigenvalue weighted by Crippen LogP contribution is 2.33. The van der Waals surface area contributed by atoms with E-state index in [9.17, 15) is 0 Å². The Kier molecular flexibility index (Phi) is 3.97. The van der Waals surface area contributed by atoms with E-state index in [-0.39, 0.29) is 0 Å². The number of rotatable bonds is 4. The molecule has 17 heavy (non-hydrogen) atoms. The zero-order chi connectivity index (χ0) is 12.3. The van der Waals surface area contributed by atoms with Crippen molar-refractivity contribution in [3.63, 3.8) is 0 Å². The SMILES string of the molecule is CCCNc1ncc(C)c(-c2sccc2Cl)n1. The Labute approximate surface area is 110 Å². The molecule has 90 valence electrons. The van der Waals surface area contributed by atoms with Crippen molar-refractivity contribution >= 4 is 28.9 Å². The number of anilines is 1. The van der Waals surface area contributed by atoms with Crippen LogP contribution >= 0.6 is 22.9 Å². The summed E-state index contributed by atoms with van der Waals surface area (Å²) < 4.78 is 0. The summed E-state index contributed by atoms with van der Waals surface area (Å²) in [7, 11) is 0. The van der Waals surface area contributed by atoms with Crippen LogP contribution in [0, 0.1) is 6.92 Å². The lowest BCUT2D eigenvalue weighted by molar-refractivity contribution is 0.951. The number of nitrogens with zero attached hydrogens (tertiary/aromatic N) is 2. The molecular formula is C12H14ClN3S. The predicted molar refractivity (Wildman–Crippen MR) is 73.9 cm³/mol. The van der Waals surface area contributed by atoms with Crippen molar-refractivity contribution in [3.05, 3.63) is 28.2 Å². The minimum absolute atomic E-state index is 0.664. The van der Waals surface area contributed by atoms with Crippen molar-refractivity contribution in [1.82, 2.24) is 9.97 Å². The van der Waals surface area contributed by atoms with Gasteiger partial charge in [0.25, 0.3) is 0 Å². The minimum Gasteiger partial charge on any atom is -0.354 e. The summed E-state index contributed by atoms with van der Waals surface area (Å²) in [6.07, 6.45) is 2.88. The zero-order valence-electron chi connectivity index (χ0n) is 9.83. The van der Waals surface area contributed by atoms with Crippen molar-refractivity contribution < 1.29 is 0 Å². The second-order valence-corrected chi connectivity index (χ2v) is 5.07. The van der Waals surface area contributed by atoms with E-state index in [0.29, 0.717) is 5.95 Å². The summed E-state index contributed by atoms with van der Waals surface area (Å²) >= 11 is 7.73. The average molecular weight is 268 g/mol. The van der Waals surface area contributed by atoms with Gasteiger partial charge in [0, 0.05) is 12.7 Å². The largest absolute Gasteiger partial charge is 0.354 e. The normalized spacial score (nSPS) is 10.5. The van der Waals surface area contributed by atoms with E-state index >= 15 is 0 Å². The molecule has 2 aromatic heterocycles. The average Bonchev–Trinajstić information content (AvgIpc) is 2.74. The van der Waals surface area contributed by atoms with E-state index in [2.05, 4.69) is 22.2 Å². The van der Waals surface area contributed by atoms with Crippen molar-refractivity contribution in [3.8, 4) is 10.6 Å². The topological polar surface area (TPSA) is 37.8 Å². The third kappa shape index (κ3) is 2.76. The van der Waals surface area contributed by atoms with Gasteiger partial charge in [-0.25, -0.2) is 9.97 Å². The van der Waals surface area contributed by atoms with Crippen LogP contribution in [-0.2, 0) is 0 Å². The Morgan fingerprint density at radius 1 is 1.47 bits per heavy atom. The molecule has 0 fully saturated rings. The lowest BCUT2D eigenvalue weighted by atomic mass is 10.2. The second kappa shape index (κ2) is 5.47. The molecule has 2 aromatic rings. The summed E-state index contributed by atoms with van der Waals surface area (Å²) in [6, 6.07) is 1.89. The monoisotopic (exact) mass is 267 g/mol. The second-order valence-electron chi connectivity index (χ2n) is 3.75. The Morgan fingerprint density at radius 2 is 2.29 bits per heavy atom. The third-order valence-corrected chi connectivity index (χ3v) is 3.69. The quantitative estimate of drug-likeness (QED) is 0.910. The Morgan fingerprint density at radius 3 is 2.94 bits per heavy atom. The first-order chi connectivity index (χ1) is 8.22. The van der Waals surface area contributed by atoms with Crippen molar-refractivity contribution in [1.29, 1.82) is 0 Å². The highest BCUT2D eigenvalue weighted by atomic mass is 35.5. The molecule has 0 unspecified atom stereocenters. The first-order valence-electron chi connectivity index (χ1n) is 5.53. The molecule has 3 nitrogen and oxygen atoms in total. The van der Waals surface area contributed by atoms with Crippen molar-refractivity contribution in [2.24, 2.45) is 0 Å². The highest BCUT2D eigenvalue weighted by Gasteiger charge is 2.11. The lowest BCUT2D eigenvalue weighted by Crippen LogP contribution is -2.05. The molecule has 1 N–H and O–H groups in total. The molecule has 0 spiro atoms. The zero-order valence-corrected chi connectivity index (χ0v) is 11.4. The molecule has 0 bridgehead atoms. The van der Waals surface area contributed by atoms with Gasteiger partial charge in [0.05, 0.1) is 15.6 Å². The van der Waals surface area contributed by atoms with Gasteiger partial charge in [0.15, 0.2) is 0 Å². The number of aryl methyl sites for hydroxylation is 1. The molecule has 0 atom stereocenters. The van der Waals surface area contributed by atoms with Crippen LogP contribution < -0.4 is 5.32 Å². The van der Waals surface area contributed by atoms with Gasteiger partial charge in [0.2, 0.25) is 5.95 Å². The Bertz CT molecular complexity index is 510. The van der Waals surface area contributed by atoms with Gasteiger partial charge in [-0.2, -0.15) is 0 Å². The van der Waals surface area contributed by atoms with Crippen molar-refractivity contribution in [2.75, 3.05) is 11.9 Å². The number of hydrogen-bond acceptors (Lipinski definition) is 4. The molecule has 0 amide bonds. The van der Waals surface area contributed by atoms with Gasteiger partial charge in [-0.1, -0.05) is 18.5 Å². The molecule has 2 rings (SSSR count). The van der Waals surface area contributed by atoms with Gasteiger partial charge < -0.3 is 5.32 Å². The van der Waals surface area contributed by atoms with Gasteiger partial charge >= 0.3 is 0 Å². The molecule has 0 aliphatic rings. The van der Waals surface area contributed by atoms with E-state index in [1.807, 2.05) is 24.6 Å². The summed E-state index contributed by atoms with van der Waals surface area (Å²) in [5.41, 5.74) is 1.95. The molecule has 0 radical (unpaired) electrons. The van der Waals surface area contributed by atoms with Crippen LogP contribution in [0.1, 0.15) is 18.9 Å². The number of hydrogen-bond donors (Lipinski definition) is 1. The Hall–Kier alpha value is -1.13. The standard InChI is InChI=1S/C12H14ClN3S/c1-3-5-14-12-15-7-8(2)10(16-12)11-9(13)4-6-17-11/h4,6-7H,3,5H2,1-2H3,(H,14,15,16). The maximum absolute atomic E-state index is 6.13. The van der Waals surface area contributed by atoms with Gasteiger partial charge in [-0.05, 0) is 30.4 Å². The molecule has 0 aromatic carbocycles. The van der Waals surface area contributed by atoms with E-state index in [0.717, 1.165) is 34.1 Å². The number of nitrogens with one attached hydrogen (secondary N) is 1. The molecule has 0 aliphatic heterocycles. The number of aromatic nitrogens is 2. The van der Waals surface area contributed by atoms with Crippen LogP contribution in [0.4, 0.5) is 5.95 Å². The first kappa shape index (κ1) is 12.3. The smallest absolute Gasteiger partial charge is 0.223 e. The van der Waals surface area contributed by atoms with E-state index in [1.54, 1.807) is 11.3 Å². The fourth-order valence-corrected chi connectivity index (χ4v) is 2.66. The van der Waals surface area contributed by atoms with Gasteiger partial charge in [-0.3, -0.25) is 0 Å². The summed E-state index contributed by atoms with van der Waals surface area (Å²) in [5.74, 6) is 0.664. The van der Waals surface area contributed by atoms with E-state index in [4.69, 9.17) is 11.6 Å². The maximum Gasteiger partial charge on any atom is 0.223 e. The third-order valence-electron chi connectivity index (χ3n) is 2.34. The van der Waals surface area contributed by atoms with Crippen LogP contribution in [0.3, 0.4) is 0 Å². The summed E-state index contributed by atoms with van der Waals surface area (Å²) in [6.45, 7) is 4.98. The molecule has 0 aliphatic carbocycles. The van der Waals surface area contributed by atoms with Gasteiger partial charge in [0.1, 0.15) is 0 Å². The van der Waals surface area contributed by atoms with Gasteiger partial charge in [-0.15, -0.1) is 11.3 Å². The van der Waals surface area contributed by atoms with Crippen LogP contribution in [0.5, 0.6) is 0 Å². The van der Waals surface area contributed by atoms with E-state index in [1.165, 1.54) is 0 Å². The molecule has 2 heterocycles. The van der Waals surface area contributed by atoms with Crippen LogP contribution in [0.25, 0.3) is 10.6 Å². The minimum atomic E-state index is 0.664. The van der Waals surface area contributed by atoms with E-state index < -0.39 is 0 Å². The predicted octanol–water partition coefficient (Wildman–Crippen LogP) is 3.99.